The Hall–Kier alpha value is -0.760. The van der Waals surface area contributed by atoms with E-state index in [4.69, 9.17) is 9.52 Å². The number of furan rings is 1. The maximum atomic E-state index is 8.94. The van der Waals surface area contributed by atoms with Crippen LogP contribution in [-0.2, 0) is 12.0 Å². The zero-order valence-electron chi connectivity index (χ0n) is 8.14. The third-order valence-electron chi connectivity index (χ3n) is 1.93. The number of aliphatic hydroxyl groups is 1. The van der Waals surface area contributed by atoms with Crippen LogP contribution >= 0.6 is 0 Å². The smallest absolute Gasteiger partial charge is 0.109 e. The molecule has 1 N–H and O–H groups in total. The average molecular weight is 168 g/mol. The second kappa shape index (κ2) is 2.94. The van der Waals surface area contributed by atoms with Crippen LogP contribution in [0.15, 0.2) is 10.5 Å². The van der Waals surface area contributed by atoms with Crippen molar-refractivity contribution < 1.29 is 9.52 Å². The van der Waals surface area contributed by atoms with Gasteiger partial charge in [-0.2, -0.15) is 0 Å². The summed E-state index contributed by atoms with van der Waals surface area (Å²) in [6.45, 7) is 8.21. The number of rotatable bonds is 1. The van der Waals surface area contributed by atoms with Crippen LogP contribution in [0.3, 0.4) is 0 Å². The number of aliphatic hydroxyl groups excluding tert-OH is 1. The van der Waals surface area contributed by atoms with Gasteiger partial charge in [-0.1, -0.05) is 20.8 Å². The monoisotopic (exact) mass is 168 g/mol. The van der Waals surface area contributed by atoms with Crippen molar-refractivity contribution in [3.8, 4) is 0 Å². The molecular weight excluding hydrogens is 152 g/mol. The van der Waals surface area contributed by atoms with Crippen molar-refractivity contribution in [3.63, 3.8) is 0 Å². The van der Waals surface area contributed by atoms with Gasteiger partial charge < -0.3 is 9.52 Å². The predicted octanol–water partition coefficient (Wildman–Crippen LogP) is 2.38. The van der Waals surface area contributed by atoms with Gasteiger partial charge in [-0.3, -0.25) is 0 Å². The van der Waals surface area contributed by atoms with Crippen molar-refractivity contribution in [2.45, 2.75) is 39.7 Å². The van der Waals surface area contributed by atoms with Gasteiger partial charge in [0.15, 0.2) is 0 Å². The second-order valence-corrected chi connectivity index (χ2v) is 4.10. The highest BCUT2D eigenvalue weighted by atomic mass is 16.3. The first-order chi connectivity index (χ1) is 5.45. The summed E-state index contributed by atoms with van der Waals surface area (Å²) < 4.78 is 5.51. The third kappa shape index (κ3) is 1.69. The van der Waals surface area contributed by atoms with E-state index in [1.165, 1.54) is 0 Å². The van der Waals surface area contributed by atoms with Crippen LogP contribution in [-0.4, -0.2) is 5.11 Å². The molecule has 0 spiro atoms. The lowest BCUT2D eigenvalue weighted by atomic mass is 9.93. The Morgan fingerprint density at radius 1 is 1.42 bits per heavy atom. The second-order valence-electron chi connectivity index (χ2n) is 4.10. The summed E-state index contributed by atoms with van der Waals surface area (Å²) in [5, 5.41) is 8.94. The van der Waals surface area contributed by atoms with Crippen LogP contribution in [0.5, 0.6) is 0 Å². The Morgan fingerprint density at radius 2 is 2.00 bits per heavy atom. The lowest BCUT2D eigenvalue weighted by Gasteiger charge is -2.13. The maximum absolute atomic E-state index is 8.94. The third-order valence-corrected chi connectivity index (χ3v) is 1.93. The molecular formula is C10H16O2. The molecule has 0 bridgehead atoms. The molecule has 0 saturated heterocycles. The molecule has 0 aliphatic carbocycles. The van der Waals surface area contributed by atoms with E-state index in [0.29, 0.717) is 0 Å². The molecule has 1 aromatic heterocycles. The average Bonchev–Trinajstić information content (AvgIpc) is 2.29. The van der Waals surface area contributed by atoms with E-state index < -0.39 is 0 Å². The molecule has 0 unspecified atom stereocenters. The normalized spacial score (nSPS) is 12.1. The lowest BCUT2D eigenvalue weighted by Crippen LogP contribution is -2.09. The minimum atomic E-state index is 0.0260. The summed E-state index contributed by atoms with van der Waals surface area (Å²) in [6, 6.07) is 1.93. The van der Waals surface area contributed by atoms with Gasteiger partial charge in [-0.05, 0) is 13.0 Å². The van der Waals surface area contributed by atoms with Crippen LogP contribution in [0.4, 0.5) is 0 Å². The van der Waals surface area contributed by atoms with E-state index in [1.807, 2.05) is 13.0 Å². The lowest BCUT2D eigenvalue weighted by molar-refractivity contribution is 0.278. The predicted molar refractivity (Wildman–Crippen MR) is 48.1 cm³/mol. The van der Waals surface area contributed by atoms with Gasteiger partial charge in [0.05, 0.1) is 6.61 Å². The molecule has 2 heteroatoms. The first-order valence-corrected chi connectivity index (χ1v) is 4.16. The highest BCUT2D eigenvalue weighted by molar-refractivity contribution is 5.23. The molecule has 0 aliphatic heterocycles. The van der Waals surface area contributed by atoms with E-state index in [9.17, 15) is 0 Å². The fraction of sp³-hybridized carbons (Fsp3) is 0.600. The van der Waals surface area contributed by atoms with Gasteiger partial charge in [-0.15, -0.1) is 0 Å². The molecule has 0 aromatic carbocycles. The summed E-state index contributed by atoms with van der Waals surface area (Å²) in [7, 11) is 0. The van der Waals surface area contributed by atoms with E-state index in [-0.39, 0.29) is 12.0 Å². The SMILES string of the molecule is Cc1oc(C(C)(C)C)cc1CO. The minimum Gasteiger partial charge on any atom is -0.465 e. The fourth-order valence-electron chi connectivity index (χ4n) is 1.05. The van der Waals surface area contributed by atoms with Gasteiger partial charge in [0.1, 0.15) is 11.5 Å². The number of hydrogen-bond donors (Lipinski definition) is 1. The summed E-state index contributed by atoms with van der Waals surface area (Å²) in [5.74, 6) is 1.76. The van der Waals surface area contributed by atoms with Crippen molar-refractivity contribution in [1.82, 2.24) is 0 Å². The quantitative estimate of drug-likeness (QED) is 0.698. The molecule has 0 atom stereocenters. The maximum Gasteiger partial charge on any atom is 0.109 e. The first-order valence-electron chi connectivity index (χ1n) is 4.16. The van der Waals surface area contributed by atoms with Gasteiger partial charge in [0, 0.05) is 11.0 Å². The van der Waals surface area contributed by atoms with Gasteiger partial charge >= 0.3 is 0 Å². The largest absolute Gasteiger partial charge is 0.465 e. The number of aryl methyl sites for hydroxylation is 1. The standard InChI is InChI=1S/C10H16O2/c1-7-8(6-11)5-9(12-7)10(2,3)4/h5,11H,6H2,1-4H3. The van der Waals surface area contributed by atoms with Crippen molar-refractivity contribution in [2.75, 3.05) is 0 Å². The highest BCUT2D eigenvalue weighted by Gasteiger charge is 2.19. The topological polar surface area (TPSA) is 33.4 Å². The molecule has 1 heterocycles. The van der Waals surface area contributed by atoms with E-state index in [0.717, 1.165) is 17.1 Å². The first kappa shape index (κ1) is 9.33. The summed E-state index contributed by atoms with van der Waals surface area (Å²) >= 11 is 0. The fourth-order valence-corrected chi connectivity index (χ4v) is 1.05. The zero-order valence-corrected chi connectivity index (χ0v) is 8.14. The molecule has 12 heavy (non-hydrogen) atoms. The van der Waals surface area contributed by atoms with Crippen molar-refractivity contribution in [3.05, 3.63) is 23.2 Å². The van der Waals surface area contributed by atoms with Crippen LogP contribution in [0.2, 0.25) is 0 Å². The molecule has 0 fully saturated rings. The Morgan fingerprint density at radius 3 is 2.25 bits per heavy atom. The van der Waals surface area contributed by atoms with Crippen LogP contribution in [0.1, 0.15) is 37.9 Å². The van der Waals surface area contributed by atoms with Gasteiger partial charge in [0.25, 0.3) is 0 Å². The van der Waals surface area contributed by atoms with Gasteiger partial charge in [0.2, 0.25) is 0 Å². The van der Waals surface area contributed by atoms with Crippen LogP contribution in [0.25, 0.3) is 0 Å². The molecule has 0 radical (unpaired) electrons. The van der Waals surface area contributed by atoms with E-state index in [1.54, 1.807) is 0 Å². The molecule has 0 saturated carbocycles. The Balaban J connectivity index is 3.05. The van der Waals surface area contributed by atoms with Gasteiger partial charge in [-0.25, -0.2) is 0 Å². The van der Waals surface area contributed by atoms with E-state index >= 15 is 0 Å². The van der Waals surface area contributed by atoms with Crippen LogP contribution in [0, 0.1) is 6.92 Å². The Kier molecular flexibility index (Phi) is 2.29. The minimum absolute atomic E-state index is 0.0260. The summed E-state index contributed by atoms with van der Waals surface area (Å²) in [6.07, 6.45) is 0. The number of hydrogen-bond acceptors (Lipinski definition) is 2. The summed E-state index contributed by atoms with van der Waals surface area (Å²) in [5.41, 5.74) is 0.915. The van der Waals surface area contributed by atoms with Crippen LogP contribution < -0.4 is 0 Å². The van der Waals surface area contributed by atoms with Crippen molar-refractivity contribution in [1.29, 1.82) is 0 Å². The highest BCUT2D eigenvalue weighted by Crippen LogP contribution is 2.26. The molecule has 1 rings (SSSR count). The molecule has 0 aliphatic rings. The summed E-state index contributed by atoms with van der Waals surface area (Å²) in [4.78, 5) is 0. The van der Waals surface area contributed by atoms with Crippen molar-refractivity contribution >= 4 is 0 Å². The molecule has 68 valence electrons. The van der Waals surface area contributed by atoms with E-state index in [2.05, 4.69) is 20.8 Å². The molecule has 0 amide bonds. The van der Waals surface area contributed by atoms with Crippen molar-refractivity contribution in [2.24, 2.45) is 0 Å². The Labute approximate surface area is 73.2 Å². The molecule has 2 nitrogen and oxygen atoms in total. The zero-order chi connectivity index (χ0) is 9.35. The Bertz CT molecular complexity index is 266. The molecule has 1 aromatic rings.